The van der Waals surface area contributed by atoms with Crippen molar-refractivity contribution in [3.05, 3.63) is 57.5 Å². The molecule has 0 aliphatic heterocycles. The molecular weight excluding hydrogens is 297 g/mol. The Labute approximate surface area is 105 Å². The summed E-state index contributed by atoms with van der Waals surface area (Å²) in [5, 5.41) is -0.0141. The highest BCUT2D eigenvalue weighted by Gasteiger charge is 2.07. The second-order valence-electron chi connectivity index (χ2n) is 3.25. The van der Waals surface area contributed by atoms with Crippen molar-refractivity contribution in [2.45, 2.75) is 0 Å². The first kappa shape index (κ1) is 11.6. The summed E-state index contributed by atoms with van der Waals surface area (Å²) < 4.78 is 27.2. The molecule has 0 saturated carbocycles. The molecule has 2 aromatic rings. The lowest BCUT2D eigenvalue weighted by atomic mass is 10.1. The quantitative estimate of drug-likeness (QED) is 0.692. The standard InChI is InChI=1S/C12H6BrClF2/c13-8-2-3-9(12(16)6-8)7-1-4-11(15)10(14)5-7/h1-6H. The summed E-state index contributed by atoms with van der Waals surface area (Å²) in [6.07, 6.45) is 0. The van der Waals surface area contributed by atoms with Crippen LogP contribution in [0.5, 0.6) is 0 Å². The van der Waals surface area contributed by atoms with Gasteiger partial charge in [0.15, 0.2) is 0 Å². The fourth-order valence-corrected chi connectivity index (χ4v) is 1.90. The van der Waals surface area contributed by atoms with Crippen LogP contribution < -0.4 is 0 Å². The molecule has 0 aromatic heterocycles. The molecule has 0 heterocycles. The van der Waals surface area contributed by atoms with Crippen molar-refractivity contribution in [3.63, 3.8) is 0 Å². The van der Waals surface area contributed by atoms with Crippen molar-refractivity contribution >= 4 is 27.5 Å². The Balaban J connectivity index is 2.54. The molecule has 2 rings (SSSR count). The second kappa shape index (κ2) is 4.52. The van der Waals surface area contributed by atoms with Crippen LogP contribution in [-0.4, -0.2) is 0 Å². The summed E-state index contributed by atoms with van der Waals surface area (Å²) in [4.78, 5) is 0. The summed E-state index contributed by atoms with van der Waals surface area (Å²) in [6, 6.07) is 8.81. The average Bonchev–Trinajstić information content (AvgIpc) is 2.22. The molecule has 0 N–H and O–H groups in total. The van der Waals surface area contributed by atoms with Gasteiger partial charge in [0.1, 0.15) is 11.6 Å². The zero-order valence-electron chi connectivity index (χ0n) is 7.98. The first-order chi connectivity index (χ1) is 7.58. The van der Waals surface area contributed by atoms with Crippen molar-refractivity contribution in [2.24, 2.45) is 0 Å². The van der Waals surface area contributed by atoms with Gasteiger partial charge in [0.2, 0.25) is 0 Å². The van der Waals surface area contributed by atoms with E-state index in [-0.39, 0.29) is 10.8 Å². The van der Waals surface area contributed by atoms with Gasteiger partial charge in [-0.05, 0) is 29.8 Å². The Morgan fingerprint density at radius 2 is 1.69 bits per heavy atom. The van der Waals surface area contributed by atoms with E-state index in [2.05, 4.69) is 15.9 Å². The van der Waals surface area contributed by atoms with E-state index in [1.54, 1.807) is 12.1 Å². The molecule has 0 bridgehead atoms. The highest BCUT2D eigenvalue weighted by molar-refractivity contribution is 9.10. The molecule has 4 heteroatoms. The Hall–Kier alpha value is -0.930. The molecule has 0 saturated heterocycles. The summed E-state index contributed by atoms with van der Waals surface area (Å²) in [6.45, 7) is 0. The predicted octanol–water partition coefficient (Wildman–Crippen LogP) is 5.05. The van der Waals surface area contributed by atoms with Gasteiger partial charge in [-0.15, -0.1) is 0 Å². The van der Waals surface area contributed by atoms with Crippen molar-refractivity contribution in [2.75, 3.05) is 0 Å². The molecule has 0 aliphatic carbocycles. The Kier molecular flexibility index (Phi) is 3.26. The van der Waals surface area contributed by atoms with Crippen molar-refractivity contribution < 1.29 is 8.78 Å². The Bertz CT molecular complexity index is 541. The van der Waals surface area contributed by atoms with Crippen LogP contribution in [0, 0.1) is 11.6 Å². The highest BCUT2D eigenvalue weighted by Crippen LogP contribution is 2.28. The van der Waals surface area contributed by atoms with Gasteiger partial charge >= 0.3 is 0 Å². The molecule has 0 nitrogen and oxygen atoms in total. The first-order valence-corrected chi connectivity index (χ1v) is 5.65. The minimum Gasteiger partial charge on any atom is -0.206 e. The smallest absolute Gasteiger partial charge is 0.141 e. The molecule has 0 amide bonds. The average molecular weight is 304 g/mol. The number of benzene rings is 2. The van der Waals surface area contributed by atoms with Crippen LogP contribution in [0.15, 0.2) is 40.9 Å². The molecule has 0 fully saturated rings. The molecule has 82 valence electrons. The minimum atomic E-state index is -0.511. The number of rotatable bonds is 1. The van der Waals surface area contributed by atoms with E-state index in [0.717, 1.165) is 0 Å². The molecule has 2 aromatic carbocycles. The van der Waals surface area contributed by atoms with Gasteiger partial charge in [-0.1, -0.05) is 39.7 Å². The van der Waals surface area contributed by atoms with Crippen molar-refractivity contribution in [1.29, 1.82) is 0 Å². The lowest BCUT2D eigenvalue weighted by molar-refractivity contribution is 0.625. The largest absolute Gasteiger partial charge is 0.206 e. The van der Waals surface area contributed by atoms with Gasteiger partial charge in [-0.3, -0.25) is 0 Å². The summed E-state index contributed by atoms with van der Waals surface area (Å²) in [5.74, 6) is -0.889. The lowest BCUT2D eigenvalue weighted by Crippen LogP contribution is -1.85. The van der Waals surface area contributed by atoms with Gasteiger partial charge < -0.3 is 0 Å². The van der Waals surface area contributed by atoms with Gasteiger partial charge in [-0.25, -0.2) is 8.78 Å². The maximum atomic E-state index is 13.6. The van der Waals surface area contributed by atoms with Crippen LogP contribution in [0.4, 0.5) is 8.78 Å². The molecule has 0 aliphatic rings. The molecule has 0 atom stereocenters. The normalized spacial score (nSPS) is 10.5. The van der Waals surface area contributed by atoms with E-state index >= 15 is 0 Å². The maximum absolute atomic E-state index is 13.6. The lowest BCUT2D eigenvalue weighted by Gasteiger charge is -2.05. The minimum absolute atomic E-state index is 0.0141. The number of halogens is 4. The van der Waals surface area contributed by atoms with Gasteiger partial charge in [-0.2, -0.15) is 0 Å². The van der Waals surface area contributed by atoms with Crippen LogP contribution in [0.1, 0.15) is 0 Å². The SMILES string of the molecule is Fc1ccc(-c2ccc(Br)cc2F)cc1Cl. The van der Waals surface area contributed by atoms with E-state index < -0.39 is 5.82 Å². The van der Waals surface area contributed by atoms with Gasteiger partial charge in [0, 0.05) is 10.0 Å². The third-order valence-electron chi connectivity index (χ3n) is 2.16. The third kappa shape index (κ3) is 2.25. The summed E-state index contributed by atoms with van der Waals surface area (Å²) in [5.41, 5.74) is 0.946. The first-order valence-electron chi connectivity index (χ1n) is 4.48. The number of hydrogen-bond donors (Lipinski definition) is 0. The van der Waals surface area contributed by atoms with Gasteiger partial charge in [0.25, 0.3) is 0 Å². The zero-order valence-corrected chi connectivity index (χ0v) is 10.3. The van der Waals surface area contributed by atoms with Crippen LogP contribution >= 0.6 is 27.5 Å². The number of hydrogen-bond acceptors (Lipinski definition) is 0. The summed E-state index contributed by atoms with van der Waals surface area (Å²) in [7, 11) is 0. The molecular formula is C12H6BrClF2. The summed E-state index contributed by atoms with van der Waals surface area (Å²) >= 11 is 8.81. The zero-order chi connectivity index (χ0) is 11.7. The Morgan fingerprint density at radius 1 is 0.938 bits per heavy atom. The molecule has 0 unspecified atom stereocenters. The van der Waals surface area contributed by atoms with E-state index in [9.17, 15) is 8.78 Å². The van der Waals surface area contributed by atoms with Gasteiger partial charge in [0.05, 0.1) is 5.02 Å². The van der Waals surface area contributed by atoms with E-state index in [0.29, 0.717) is 15.6 Å². The third-order valence-corrected chi connectivity index (χ3v) is 2.94. The van der Waals surface area contributed by atoms with Crippen LogP contribution in [0.25, 0.3) is 11.1 Å². The predicted molar refractivity (Wildman–Crippen MR) is 64.5 cm³/mol. The fourth-order valence-electron chi connectivity index (χ4n) is 1.39. The maximum Gasteiger partial charge on any atom is 0.141 e. The Morgan fingerprint density at radius 3 is 2.31 bits per heavy atom. The topological polar surface area (TPSA) is 0 Å². The molecule has 0 spiro atoms. The van der Waals surface area contributed by atoms with Crippen molar-refractivity contribution in [3.8, 4) is 11.1 Å². The van der Waals surface area contributed by atoms with E-state index in [1.807, 2.05) is 0 Å². The van der Waals surface area contributed by atoms with Crippen molar-refractivity contribution in [1.82, 2.24) is 0 Å². The second-order valence-corrected chi connectivity index (χ2v) is 4.58. The van der Waals surface area contributed by atoms with Crippen LogP contribution in [0.3, 0.4) is 0 Å². The molecule has 16 heavy (non-hydrogen) atoms. The molecule has 0 radical (unpaired) electrons. The monoisotopic (exact) mass is 302 g/mol. The van der Waals surface area contributed by atoms with E-state index in [4.69, 9.17) is 11.6 Å². The van der Waals surface area contributed by atoms with E-state index in [1.165, 1.54) is 24.3 Å². The van der Waals surface area contributed by atoms with Crippen LogP contribution in [-0.2, 0) is 0 Å². The fraction of sp³-hybridized carbons (Fsp3) is 0. The highest BCUT2D eigenvalue weighted by atomic mass is 79.9. The van der Waals surface area contributed by atoms with Crippen LogP contribution in [0.2, 0.25) is 5.02 Å².